The Bertz CT molecular complexity index is 1840. The maximum absolute atomic E-state index is 13.3. The number of anilines is 2. The zero-order chi connectivity index (χ0) is 37.9. The van der Waals surface area contributed by atoms with Crippen LogP contribution in [-0.4, -0.2) is 91.2 Å². The van der Waals surface area contributed by atoms with Gasteiger partial charge < -0.3 is 34.9 Å². The number of hydrogen-bond donors (Lipinski definition) is 3. The minimum Gasteiger partial charge on any atom is -0.495 e. The van der Waals surface area contributed by atoms with Crippen LogP contribution in [0.1, 0.15) is 30.5 Å². The molecule has 0 aromatic heterocycles. The molecule has 2 aliphatic rings. The molecule has 2 unspecified atom stereocenters. The normalized spacial score (nSPS) is 16.9. The molecule has 0 spiro atoms. The first-order chi connectivity index (χ1) is 24.8. The Hall–Kier alpha value is -4.95. The molecule has 2 atom stereocenters. The Labute approximate surface area is 310 Å². The van der Waals surface area contributed by atoms with Crippen molar-refractivity contribution in [2.24, 2.45) is 0 Å². The Morgan fingerprint density at radius 3 is 1.77 bits per heavy atom. The Kier molecular flexibility index (Phi) is 14.2. The number of benzene rings is 3. The molecule has 15 heteroatoms. The van der Waals surface area contributed by atoms with Gasteiger partial charge in [0.05, 0.1) is 49.6 Å². The molecular weight excluding hydrogens is 718 g/mol. The number of halogens is 3. The number of carbonyl (C=O) groups excluding carboxylic acids is 3. The average molecular weight is 758 g/mol. The highest BCUT2D eigenvalue weighted by molar-refractivity contribution is 6.33. The van der Waals surface area contributed by atoms with E-state index in [0.717, 1.165) is 11.6 Å². The van der Waals surface area contributed by atoms with Crippen LogP contribution < -0.4 is 20.1 Å². The lowest BCUT2D eigenvalue weighted by molar-refractivity contribution is -0.141. The van der Waals surface area contributed by atoms with Gasteiger partial charge in [0, 0.05) is 68.1 Å². The monoisotopic (exact) mass is 756 g/mol. The molecule has 3 aromatic carbocycles. The summed E-state index contributed by atoms with van der Waals surface area (Å²) in [5, 5.41) is 14.6. The minimum atomic E-state index is -1.09. The number of nitrogens with zero attached hydrogens (tertiary/aromatic N) is 2. The molecule has 3 N–H and O–H groups in total. The van der Waals surface area contributed by atoms with Gasteiger partial charge in [-0.2, -0.15) is 0 Å². The topological polar surface area (TPSA) is 147 Å². The number of morpholine rings is 1. The summed E-state index contributed by atoms with van der Waals surface area (Å²) in [7, 11) is 2.95. The predicted octanol–water partition coefficient (Wildman–Crippen LogP) is 5.98. The second-order valence-corrected chi connectivity index (χ2v) is 12.7. The standard InChI is InChI=1S/C25H27ClFN3O4.C12H12ClNO4/c1-16(31)28-23-10-22(26)24(33-2)9-18(23)5-8-25(32)29-12-20-14-34-15-21(13-29)30(20)11-17-3-6-19(27)7-4-17;1-7(15)14-10-6-9(13)11(18-2)5-8(10)3-4-12(16)17/h3-10,20-21H,11-15H2,1-2H3,(H,28,31);3-6H,1-2H3,(H,14,15)(H,16,17)/b8-5+;4-3+. The highest BCUT2D eigenvalue weighted by Gasteiger charge is 2.39. The van der Waals surface area contributed by atoms with Gasteiger partial charge in [0.1, 0.15) is 17.3 Å². The van der Waals surface area contributed by atoms with Gasteiger partial charge in [-0.25, -0.2) is 9.18 Å². The van der Waals surface area contributed by atoms with Crippen LogP contribution in [0.4, 0.5) is 15.8 Å². The third kappa shape index (κ3) is 11.0. The summed E-state index contributed by atoms with van der Waals surface area (Å²) in [6.07, 6.45) is 5.48. The lowest BCUT2D eigenvalue weighted by Crippen LogP contribution is -2.64. The largest absolute Gasteiger partial charge is 0.495 e. The van der Waals surface area contributed by atoms with Crippen molar-refractivity contribution in [1.82, 2.24) is 9.80 Å². The van der Waals surface area contributed by atoms with E-state index >= 15 is 0 Å². The summed E-state index contributed by atoms with van der Waals surface area (Å²) >= 11 is 12.1. The number of hydrogen-bond acceptors (Lipinski definition) is 8. The van der Waals surface area contributed by atoms with Crippen LogP contribution in [0.3, 0.4) is 0 Å². The molecule has 3 amide bonds. The molecule has 5 rings (SSSR count). The molecule has 3 aromatic rings. The first-order valence-corrected chi connectivity index (χ1v) is 16.8. The summed E-state index contributed by atoms with van der Waals surface area (Å²) < 4.78 is 29.3. The highest BCUT2D eigenvalue weighted by atomic mass is 35.5. The number of carboxylic acids is 1. The number of carboxylic acid groups (broad SMARTS) is 1. The van der Waals surface area contributed by atoms with Crippen LogP contribution >= 0.6 is 23.2 Å². The quantitative estimate of drug-likeness (QED) is 0.213. The second kappa shape index (κ2) is 18.5. The van der Waals surface area contributed by atoms with Gasteiger partial charge in [-0.3, -0.25) is 19.3 Å². The third-order valence-electron chi connectivity index (χ3n) is 8.09. The minimum absolute atomic E-state index is 0.0560. The molecule has 2 aliphatic heterocycles. The lowest BCUT2D eigenvalue weighted by Gasteiger charge is -2.49. The van der Waals surface area contributed by atoms with Crippen molar-refractivity contribution in [2.75, 3.05) is 51.2 Å². The van der Waals surface area contributed by atoms with Crippen LogP contribution in [0, 0.1) is 5.82 Å². The predicted molar refractivity (Wildman–Crippen MR) is 197 cm³/mol. The number of ether oxygens (including phenoxy) is 3. The van der Waals surface area contributed by atoms with Crippen molar-refractivity contribution < 1.29 is 42.9 Å². The smallest absolute Gasteiger partial charge is 0.328 e. The van der Waals surface area contributed by atoms with E-state index in [1.54, 1.807) is 36.4 Å². The van der Waals surface area contributed by atoms with E-state index in [1.165, 1.54) is 58.4 Å². The average Bonchev–Trinajstić information content (AvgIpc) is 3.08. The van der Waals surface area contributed by atoms with E-state index in [-0.39, 0.29) is 35.6 Å². The van der Waals surface area contributed by atoms with Crippen molar-refractivity contribution in [1.29, 1.82) is 0 Å². The van der Waals surface area contributed by atoms with Crippen molar-refractivity contribution in [2.45, 2.75) is 32.5 Å². The van der Waals surface area contributed by atoms with Gasteiger partial charge in [0.25, 0.3) is 0 Å². The maximum Gasteiger partial charge on any atom is 0.328 e. The van der Waals surface area contributed by atoms with E-state index in [9.17, 15) is 23.6 Å². The van der Waals surface area contributed by atoms with Gasteiger partial charge >= 0.3 is 5.97 Å². The summed E-state index contributed by atoms with van der Waals surface area (Å²) in [6, 6.07) is 13.0. The van der Waals surface area contributed by atoms with Crippen LogP contribution in [0.2, 0.25) is 10.0 Å². The lowest BCUT2D eigenvalue weighted by atomic mass is 10.0. The molecule has 2 bridgehead atoms. The van der Waals surface area contributed by atoms with Crippen LogP contribution in [0.5, 0.6) is 11.5 Å². The van der Waals surface area contributed by atoms with Crippen molar-refractivity contribution >= 4 is 70.4 Å². The fourth-order valence-electron chi connectivity index (χ4n) is 5.72. The molecular formula is C37H39Cl2FN4O8. The number of piperazine rings is 1. The zero-order valence-electron chi connectivity index (χ0n) is 29.0. The van der Waals surface area contributed by atoms with Gasteiger partial charge in [0.15, 0.2) is 0 Å². The van der Waals surface area contributed by atoms with Crippen molar-refractivity contribution in [3.05, 3.63) is 93.2 Å². The van der Waals surface area contributed by atoms with Crippen LogP contribution in [0.25, 0.3) is 12.2 Å². The van der Waals surface area contributed by atoms with Gasteiger partial charge in [-0.05, 0) is 54.1 Å². The van der Waals surface area contributed by atoms with Gasteiger partial charge in [-0.1, -0.05) is 35.3 Å². The maximum atomic E-state index is 13.3. The molecule has 0 saturated carbocycles. The first kappa shape index (κ1) is 39.8. The highest BCUT2D eigenvalue weighted by Crippen LogP contribution is 2.33. The van der Waals surface area contributed by atoms with Gasteiger partial charge in [0.2, 0.25) is 17.7 Å². The number of carbonyl (C=O) groups is 4. The number of fused-ring (bicyclic) bond motifs is 2. The van der Waals surface area contributed by atoms with Crippen LogP contribution in [0.15, 0.2) is 60.7 Å². The molecule has 0 radical (unpaired) electrons. The zero-order valence-corrected chi connectivity index (χ0v) is 30.5. The van der Waals surface area contributed by atoms with E-state index in [2.05, 4.69) is 15.5 Å². The fourth-order valence-corrected chi connectivity index (χ4v) is 6.20. The first-order valence-electron chi connectivity index (χ1n) is 16.0. The van der Waals surface area contributed by atoms with E-state index in [0.29, 0.717) is 76.9 Å². The number of methoxy groups -OCH3 is 2. The molecule has 2 heterocycles. The number of rotatable bonds is 10. The molecule has 2 fully saturated rings. The van der Waals surface area contributed by atoms with Crippen molar-refractivity contribution in [3.8, 4) is 11.5 Å². The van der Waals surface area contributed by atoms with Crippen LogP contribution in [-0.2, 0) is 30.5 Å². The number of aliphatic carboxylic acids is 1. The third-order valence-corrected chi connectivity index (χ3v) is 8.68. The fraction of sp³-hybridized carbons (Fsp3) is 0.297. The molecule has 276 valence electrons. The molecule has 2 saturated heterocycles. The summed E-state index contributed by atoms with van der Waals surface area (Å²) in [4.78, 5) is 50.3. The van der Waals surface area contributed by atoms with Crippen molar-refractivity contribution in [3.63, 3.8) is 0 Å². The molecule has 0 aliphatic carbocycles. The van der Waals surface area contributed by atoms with E-state index < -0.39 is 5.97 Å². The Morgan fingerprint density at radius 1 is 0.846 bits per heavy atom. The molecule has 12 nitrogen and oxygen atoms in total. The Balaban J connectivity index is 0.000000284. The summed E-state index contributed by atoms with van der Waals surface area (Å²) in [5.74, 6) is -1.14. The summed E-state index contributed by atoms with van der Waals surface area (Å²) in [6.45, 7) is 5.57. The second-order valence-electron chi connectivity index (χ2n) is 11.9. The van der Waals surface area contributed by atoms with E-state index in [4.69, 9.17) is 42.5 Å². The SMILES string of the molecule is COc1cc(/C=C/C(=O)N2CC3COCC(C2)N3Cc2ccc(F)cc2)c(NC(C)=O)cc1Cl.COc1cc(/C=C/C(=O)O)c(NC(C)=O)cc1Cl. The summed E-state index contributed by atoms with van der Waals surface area (Å²) in [5.41, 5.74) is 3.06. The van der Waals surface area contributed by atoms with E-state index in [1.807, 2.05) is 4.90 Å². The number of amides is 3. The molecule has 52 heavy (non-hydrogen) atoms. The Morgan fingerprint density at radius 2 is 1.33 bits per heavy atom. The van der Waals surface area contributed by atoms with Gasteiger partial charge in [-0.15, -0.1) is 0 Å². The number of nitrogens with one attached hydrogen (secondary N) is 2.